The standard InChI is InChI=1S/C19H35N3O4/c1-6-15(7-2)17(24)22-10-8-14(9-11-22)12-20-16(23)13-21-18(25)26-19(3,4)5/h14-15H,6-13H2,1-5H3,(H,20,23)(H,21,25). The highest BCUT2D eigenvalue weighted by atomic mass is 16.6. The molecule has 1 fully saturated rings. The van der Waals surface area contributed by atoms with Crippen molar-refractivity contribution in [2.24, 2.45) is 11.8 Å². The molecule has 1 rings (SSSR count). The predicted molar refractivity (Wildman–Crippen MR) is 101 cm³/mol. The molecule has 0 unspecified atom stereocenters. The largest absolute Gasteiger partial charge is 0.444 e. The summed E-state index contributed by atoms with van der Waals surface area (Å²) in [6.45, 7) is 11.4. The third-order valence-corrected chi connectivity index (χ3v) is 4.64. The molecular weight excluding hydrogens is 334 g/mol. The number of amides is 3. The van der Waals surface area contributed by atoms with Crippen LogP contribution in [0.3, 0.4) is 0 Å². The van der Waals surface area contributed by atoms with Gasteiger partial charge in [-0.05, 0) is 52.4 Å². The smallest absolute Gasteiger partial charge is 0.408 e. The zero-order chi connectivity index (χ0) is 19.7. The topological polar surface area (TPSA) is 87.7 Å². The predicted octanol–water partition coefficient (Wildman–Crippen LogP) is 2.30. The van der Waals surface area contributed by atoms with Gasteiger partial charge in [0.1, 0.15) is 5.60 Å². The van der Waals surface area contributed by atoms with Gasteiger partial charge in [0.25, 0.3) is 0 Å². The van der Waals surface area contributed by atoms with Crippen molar-refractivity contribution in [2.75, 3.05) is 26.2 Å². The van der Waals surface area contributed by atoms with Gasteiger partial charge >= 0.3 is 6.09 Å². The maximum atomic E-state index is 12.4. The van der Waals surface area contributed by atoms with E-state index in [1.54, 1.807) is 20.8 Å². The van der Waals surface area contributed by atoms with E-state index in [-0.39, 0.29) is 24.3 Å². The molecule has 0 aromatic rings. The Morgan fingerprint density at radius 3 is 2.15 bits per heavy atom. The molecule has 0 atom stereocenters. The van der Waals surface area contributed by atoms with Crippen LogP contribution >= 0.6 is 0 Å². The van der Waals surface area contributed by atoms with Crippen LogP contribution in [0.2, 0.25) is 0 Å². The number of likely N-dealkylation sites (tertiary alicyclic amines) is 1. The van der Waals surface area contributed by atoms with Gasteiger partial charge in [-0.15, -0.1) is 0 Å². The van der Waals surface area contributed by atoms with Crippen molar-refractivity contribution in [3.63, 3.8) is 0 Å². The van der Waals surface area contributed by atoms with E-state index >= 15 is 0 Å². The van der Waals surface area contributed by atoms with Gasteiger partial charge in [0.15, 0.2) is 0 Å². The summed E-state index contributed by atoms with van der Waals surface area (Å²) in [6.07, 6.45) is 2.96. The van der Waals surface area contributed by atoms with Crippen LogP contribution in [-0.2, 0) is 14.3 Å². The molecule has 0 bridgehead atoms. The summed E-state index contributed by atoms with van der Waals surface area (Å²) in [5.74, 6) is 0.529. The van der Waals surface area contributed by atoms with Crippen molar-refractivity contribution in [2.45, 2.75) is 65.9 Å². The second-order valence-corrected chi connectivity index (χ2v) is 7.94. The molecule has 3 amide bonds. The lowest BCUT2D eigenvalue weighted by atomic mass is 9.94. The van der Waals surface area contributed by atoms with Gasteiger partial charge in [-0.25, -0.2) is 4.79 Å². The van der Waals surface area contributed by atoms with Gasteiger partial charge in [-0.3, -0.25) is 9.59 Å². The van der Waals surface area contributed by atoms with Crippen molar-refractivity contribution in [1.82, 2.24) is 15.5 Å². The summed E-state index contributed by atoms with van der Waals surface area (Å²) in [6, 6.07) is 0. The van der Waals surface area contributed by atoms with E-state index in [4.69, 9.17) is 4.74 Å². The minimum absolute atomic E-state index is 0.0963. The van der Waals surface area contributed by atoms with Gasteiger partial charge in [0, 0.05) is 25.6 Å². The molecule has 0 saturated carbocycles. The fourth-order valence-electron chi connectivity index (χ4n) is 3.04. The lowest BCUT2D eigenvalue weighted by Crippen LogP contribution is -2.45. The molecule has 26 heavy (non-hydrogen) atoms. The molecule has 7 nitrogen and oxygen atoms in total. The molecule has 0 aromatic heterocycles. The molecule has 0 aliphatic carbocycles. The molecule has 7 heteroatoms. The van der Waals surface area contributed by atoms with Crippen LogP contribution in [0.15, 0.2) is 0 Å². The number of carbonyl (C=O) groups excluding carboxylic acids is 3. The van der Waals surface area contributed by atoms with Crippen molar-refractivity contribution in [3.05, 3.63) is 0 Å². The fourth-order valence-corrected chi connectivity index (χ4v) is 3.04. The van der Waals surface area contributed by atoms with Gasteiger partial charge in [-0.1, -0.05) is 13.8 Å². The third kappa shape index (κ3) is 8.06. The van der Waals surface area contributed by atoms with E-state index < -0.39 is 11.7 Å². The van der Waals surface area contributed by atoms with Gasteiger partial charge in [0.05, 0.1) is 6.54 Å². The van der Waals surface area contributed by atoms with Crippen LogP contribution in [0.4, 0.5) is 4.79 Å². The van der Waals surface area contributed by atoms with Gasteiger partial charge in [0.2, 0.25) is 11.8 Å². The molecule has 0 aromatic carbocycles. The Hall–Kier alpha value is -1.79. The molecule has 1 aliphatic rings. The molecular formula is C19H35N3O4. The summed E-state index contributed by atoms with van der Waals surface area (Å²) in [5, 5.41) is 5.30. The molecule has 2 N–H and O–H groups in total. The Labute approximate surface area is 157 Å². The highest BCUT2D eigenvalue weighted by Crippen LogP contribution is 2.20. The third-order valence-electron chi connectivity index (χ3n) is 4.64. The maximum Gasteiger partial charge on any atom is 0.408 e. The van der Waals surface area contributed by atoms with E-state index in [9.17, 15) is 14.4 Å². The van der Waals surface area contributed by atoms with E-state index in [2.05, 4.69) is 24.5 Å². The highest BCUT2D eigenvalue weighted by Gasteiger charge is 2.26. The minimum Gasteiger partial charge on any atom is -0.444 e. The first kappa shape index (κ1) is 22.3. The minimum atomic E-state index is -0.596. The molecule has 150 valence electrons. The average Bonchev–Trinajstić information content (AvgIpc) is 2.58. The van der Waals surface area contributed by atoms with E-state index in [0.29, 0.717) is 12.5 Å². The summed E-state index contributed by atoms with van der Waals surface area (Å²) in [7, 11) is 0. The number of hydrogen-bond donors (Lipinski definition) is 2. The van der Waals surface area contributed by atoms with Crippen LogP contribution in [0.1, 0.15) is 60.3 Å². The first-order chi connectivity index (χ1) is 12.2. The summed E-state index contributed by atoms with van der Waals surface area (Å²) < 4.78 is 5.09. The number of nitrogens with one attached hydrogen (secondary N) is 2. The molecule has 1 saturated heterocycles. The number of carbonyl (C=O) groups is 3. The van der Waals surface area contributed by atoms with Crippen LogP contribution in [0.5, 0.6) is 0 Å². The summed E-state index contributed by atoms with van der Waals surface area (Å²) >= 11 is 0. The van der Waals surface area contributed by atoms with Crippen LogP contribution in [0.25, 0.3) is 0 Å². The van der Waals surface area contributed by atoms with Crippen LogP contribution in [-0.4, -0.2) is 54.6 Å². The first-order valence-electron chi connectivity index (χ1n) is 9.68. The molecule has 1 aliphatic heterocycles. The van der Waals surface area contributed by atoms with Crippen LogP contribution in [0, 0.1) is 11.8 Å². The number of ether oxygens (including phenoxy) is 1. The lowest BCUT2D eigenvalue weighted by Gasteiger charge is -2.34. The van der Waals surface area contributed by atoms with Crippen molar-refractivity contribution < 1.29 is 19.1 Å². The number of nitrogens with zero attached hydrogens (tertiary/aromatic N) is 1. The summed E-state index contributed by atoms with van der Waals surface area (Å²) in [4.78, 5) is 37.7. The van der Waals surface area contributed by atoms with Crippen molar-refractivity contribution in [3.8, 4) is 0 Å². The normalized spacial score (nSPS) is 15.7. The Kier molecular flexibility index (Phi) is 8.88. The van der Waals surface area contributed by atoms with E-state index in [1.807, 2.05) is 4.90 Å². The zero-order valence-corrected chi connectivity index (χ0v) is 16.9. The van der Waals surface area contributed by atoms with Crippen molar-refractivity contribution in [1.29, 1.82) is 0 Å². The molecule has 0 spiro atoms. The van der Waals surface area contributed by atoms with E-state index in [0.717, 1.165) is 38.8 Å². The molecule has 0 radical (unpaired) electrons. The van der Waals surface area contributed by atoms with Gasteiger partial charge in [-0.2, -0.15) is 0 Å². The Morgan fingerprint density at radius 2 is 1.65 bits per heavy atom. The quantitative estimate of drug-likeness (QED) is 0.721. The number of alkyl carbamates (subject to hydrolysis) is 1. The maximum absolute atomic E-state index is 12.4. The Balaban J connectivity index is 2.24. The number of hydrogen-bond acceptors (Lipinski definition) is 4. The van der Waals surface area contributed by atoms with Crippen LogP contribution < -0.4 is 10.6 Å². The fraction of sp³-hybridized carbons (Fsp3) is 0.842. The van der Waals surface area contributed by atoms with Crippen molar-refractivity contribution >= 4 is 17.9 Å². The highest BCUT2D eigenvalue weighted by molar-refractivity contribution is 5.82. The number of piperidine rings is 1. The first-order valence-corrected chi connectivity index (χ1v) is 9.68. The second-order valence-electron chi connectivity index (χ2n) is 7.94. The van der Waals surface area contributed by atoms with Gasteiger partial charge < -0.3 is 20.3 Å². The molecule has 1 heterocycles. The lowest BCUT2D eigenvalue weighted by molar-refractivity contribution is -0.137. The summed E-state index contributed by atoms with van der Waals surface area (Å²) in [5.41, 5.74) is -0.583. The zero-order valence-electron chi connectivity index (χ0n) is 16.9. The van der Waals surface area contributed by atoms with E-state index in [1.165, 1.54) is 0 Å². The number of rotatable bonds is 7. The Bertz CT molecular complexity index is 476. The Morgan fingerprint density at radius 1 is 1.08 bits per heavy atom. The average molecular weight is 370 g/mol. The SMILES string of the molecule is CCC(CC)C(=O)N1CCC(CNC(=O)CNC(=O)OC(C)(C)C)CC1. The monoisotopic (exact) mass is 369 g/mol. The second kappa shape index (κ2) is 10.4.